The third-order valence-electron chi connectivity index (χ3n) is 4.45. The highest BCUT2D eigenvalue weighted by Gasteiger charge is 2.22. The van der Waals surface area contributed by atoms with Gasteiger partial charge in [-0.25, -0.2) is 4.98 Å². The van der Waals surface area contributed by atoms with E-state index >= 15 is 0 Å². The van der Waals surface area contributed by atoms with E-state index in [1.165, 1.54) is 12.3 Å². The smallest absolute Gasteiger partial charge is 0.287 e. The lowest BCUT2D eigenvalue weighted by Crippen LogP contribution is -2.49. The van der Waals surface area contributed by atoms with Gasteiger partial charge in [-0.15, -0.1) is 0 Å². The van der Waals surface area contributed by atoms with Crippen LogP contribution in [0.5, 0.6) is 5.75 Å². The molecular weight excluding hydrogens is 348 g/mol. The van der Waals surface area contributed by atoms with Crippen molar-refractivity contribution >= 4 is 17.4 Å². The summed E-state index contributed by atoms with van der Waals surface area (Å²) in [5.41, 5.74) is -0.0229. The van der Waals surface area contributed by atoms with Crippen LogP contribution < -0.4 is 9.64 Å². The molecular formula is C19H22N4O4. The lowest BCUT2D eigenvalue weighted by Gasteiger charge is -2.35. The standard InChI is InChI=1S/C19H22N4O4/c24-19(7-4-14-27-17-5-2-1-3-6-17)22-12-10-21(11-13-22)18-9-8-16(15-20-18)23(25)26/h1-3,5-6,8-9,15H,4,7,10-14H2. The molecule has 1 amide bonds. The number of carbonyl (C=O) groups is 1. The molecule has 1 fully saturated rings. The van der Waals surface area contributed by atoms with Crippen molar-refractivity contribution in [3.63, 3.8) is 0 Å². The van der Waals surface area contributed by atoms with Gasteiger partial charge in [0.15, 0.2) is 0 Å². The van der Waals surface area contributed by atoms with Gasteiger partial charge in [0.2, 0.25) is 5.91 Å². The number of ether oxygens (including phenoxy) is 1. The Morgan fingerprint density at radius 2 is 1.85 bits per heavy atom. The molecule has 142 valence electrons. The number of carbonyl (C=O) groups excluding carboxylic acids is 1. The number of pyridine rings is 1. The predicted octanol–water partition coefficient (Wildman–Crippen LogP) is 2.50. The van der Waals surface area contributed by atoms with Gasteiger partial charge in [0, 0.05) is 38.7 Å². The Labute approximate surface area is 157 Å². The molecule has 0 spiro atoms. The highest BCUT2D eigenvalue weighted by atomic mass is 16.6. The normalized spacial score (nSPS) is 14.1. The summed E-state index contributed by atoms with van der Waals surface area (Å²) < 4.78 is 5.61. The van der Waals surface area contributed by atoms with Gasteiger partial charge in [-0.05, 0) is 24.6 Å². The topological polar surface area (TPSA) is 88.8 Å². The van der Waals surface area contributed by atoms with Gasteiger partial charge in [0.25, 0.3) is 5.69 Å². The van der Waals surface area contributed by atoms with Gasteiger partial charge in [-0.1, -0.05) is 18.2 Å². The number of nitro groups is 1. The van der Waals surface area contributed by atoms with E-state index in [4.69, 9.17) is 4.74 Å². The molecule has 0 saturated carbocycles. The van der Waals surface area contributed by atoms with Crippen LogP contribution in [0.4, 0.5) is 11.5 Å². The zero-order valence-electron chi connectivity index (χ0n) is 15.0. The maximum atomic E-state index is 12.3. The van der Waals surface area contributed by atoms with E-state index < -0.39 is 4.92 Å². The molecule has 0 atom stereocenters. The van der Waals surface area contributed by atoms with Gasteiger partial charge in [0.1, 0.15) is 17.8 Å². The zero-order valence-corrected chi connectivity index (χ0v) is 15.0. The minimum atomic E-state index is -0.463. The molecule has 2 aromatic rings. The SMILES string of the molecule is O=C(CCCOc1ccccc1)N1CCN(c2ccc([N+](=O)[O-])cn2)CC1. The van der Waals surface area contributed by atoms with Crippen molar-refractivity contribution in [1.82, 2.24) is 9.88 Å². The second-order valence-electron chi connectivity index (χ2n) is 6.26. The summed E-state index contributed by atoms with van der Waals surface area (Å²) in [6.45, 7) is 3.09. The monoisotopic (exact) mass is 370 g/mol. The maximum absolute atomic E-state index is 12.3. The van der Waals surface area contributed by atoms with Crippen LogP contribution in [0.25, 0.3) is 0 Å². The first kappa shape index (κ1) is 18.6. The van der Waals surface area contributed by atoms with Crippen molar-refractivity contribution in [1.29, 1.82) is 0 Å². The lowest BCUT2D eigenvalue weighted by molar-refractivity contribution is -0.385. The molecule has 2 heterocycles. The van der Waals surface area contributed by atoms with Crippen molar-refractivity contribution in [2.24, 2.45) is 0 Å². The molecule has 0 unspecified atom stereocenters. The van der Waals surface area contributed by atoms with Crippen molar-refractivity contribution in [3.05, 3.63) is 58.8 Å². The zero-order chi connectivity index (χ0) is 19.1. The number of rotatable bonds is 7. The minimum Gasteiger partial charge on any atom is -0.494 e. The minimum absolute atomic E-state index is 0.0229. The Morgan fingerprint density at radius 1 is 1.11 bits per heavy atom. The third-order valence-corrected chi connectivity index (χ3v) is 4.45. The second kappa shape index (κ2) is 8.98. The van der Waals surface area contributed by atoms with Crippen molar-refractivity contribution in [3.8, 4) is 5.75 Å². The summed E-state index contributed by atoms with van der Waals surface area (Å²) in [5.74, 6) is 1.64. The Balaban J connectivity index is 1.39. The average molecular weight is 370 g/mol. The van der Waals surface area contributed by atoms with Crippen LogP contribution in [0, 0.1) is 10.1 Å². The van der Waals surface area contributed by atoms with E-state index in [1.54, 1.807) is 6.07 Å². The Kier molecular flexibility index (Phi) is 6.19. The Hall–Kier alpha value is -3.16. The summed E-state index contributed by atoms with van der Waals surface area (Å²) in [5, 5.41) is 10.7. The third kappa shape index (κ3) is 5.16. The largest absolute Gasteiger partial charge is 0.494 e. The molecule has 1 aliphatic heterocycles. The molecule has 8 nitrogen and oxygen atoms in total. The fourth-order valence-electron chi connectivity index (χ4n) is 2.95. The number of hydrogen-bond donors (Lipinski definition) is 0. The van der Waals surface area contributed by atoms with Crippen molar-refractivity contribution < 1.29 is 14.5 Å². The summed E-state index contributed by atoms with van der Waals surface area (Å²) >= 11 is 0. The number of nitrogens with zero attached hydrogens (tertiary/aromatic N) is 4. The predicted molar refractivity (Wildman–Crippen MR) is 101 cm³/mol. The van der Waals surface area contributed by atoms with Crippen LogP contribution in [0.1, 0.15) is 12.8 Å². The number of anilines is 1. The van der Waals surface area contributed by atoms with Crippen molar-refractivity contribution in [2.45, 2.75) is 12.8 Å². The van der Waals surface area contributed by atoms with E-state index in [9.17, 15) is 14.9 Å². The van der Waals surface area contributed by atoms with Gasteiger partial charge in [-0.3, -0.25) is 14.9 Å². The molecule has 1 aromatic carbocycles. The first-order valence-electron chi connectivity index (χ1n) is 8.94. The summed E-state index contributed by atoms with van der Waals surface area (Å²) in [7, 11) is 0. The fraction of sp³-hybridized carbons (Fsp3) is 0.368. The molecule has 0 radical (unpaired) electrons. The van der Waals surface area contributed by atoms with Gasteiger partial charge < -0.3 is 14.5 Å². The highest BCUT2D eigenvalue weighted by molar-refractivity contribution is 5.76. The number of para-hydroxylation sites is 1. The Morgan fingerprint density at radius 3 is 2.48 bits per heavy atom. The molecule has 1 aromatic heterocycles. The number of piperazine rings is 1. The van der Waals surface area contributed by atoms with Gasteiger partial charge in [0.05, 0.1) is 11.5 Å². The van der Waals surface area contributed by atoms with Gasteiger partial charge >= 0.3 is 0 Å². The average Bonchev–Trinajstić information content (AvgIpc) is 2.72. The summed E-state index contributed by atoms with van der Waals surface area (Å²) in [6, 6.07) is 12.7. The van der Waals surface area contributed by atoms with E-state index in [1.807, 2.05) is 40.1 Å². The number of amides is 1. The maximum Gasteiger partial charge on any atom is 0.287 e. The molecule has 8 heteroatoms. The van der Waals surface area contributed by atoms with E-state index in [-0.39, 0.29) is 11.6 Å². The van der Waals surface area contributed by atoms with Crippen LogP contribution in [0.2, 0.25) is 0 Å². The van der Waals surface area contributed by atoms with Crippen LogP contribution in [0.15, 0.2) is 48.7 Å². The first-order valence-corrected chi connectivity index (χ1v) is 8.94. The number of benzene rings is 1. The quantitative estimate of drug-likeness (QED) is 0.423. The lowest BCUT2D eigenvalue weighted by atomic mass is 10.2. The fourth-order valence-corrected chi connectivity index (χ4v) is 2.95. The molecule has 27 heavy (non-hydrogen) atoms. The number of aromatic nitrogens is 1. The van der Waals surface area contributed by atoms with Gasteiger partial charge in [-0.2, -0.15) is 0 Å². The Bertz CT molecular complexity index is 759. The molecule has 3 rings (SSSR count). The number of hydrogen-bond acceptors (Lipinski definition) is 6. The molecule has 0 aliphatic carbocycles. The van der Waals surface area contributed by atoms with Crippen LogP contribution in [-0.2, 0) is 4.79 Å². The van der Waals surface area contributed by atoms with Crippen LogP contribution in [0.3, 0.4) is 0 Å². The van der Waals surface area contributed by atoms with E-state index in [0.29, 0.717) is 51.4 Å². The van der Waals surface area contributed by atoms with E-state index in [2.05, 4.69) is 4.98 Å². The highest BCUT2D eigenvalue weighted by Crippen LogP contribution is 2.18. The molecule has 1 saturated heterocycles. The summed E-state index contributed by atoms with van der Waals surface area (Å²) in [6.07, 6.45) is 2.40. The summed E-state index contributed by atoms with van der Waals surface area (Å²) in [4.78, 5) is 30.6. The first-order chi connectivity index (χ1) is 13.1. The second-order valence-corrected chi connectivity index (χ2v) is 6.26. The molecule has 0 N–H and O–H groups in total. The van der Waals surface area contributed by atoms with E-state index in [0.717, 1.165) is 5.75 Å². The van der Waals surface area contributed by atoms with Crippen molar-refractivity contribution in [2.75, 3.05) is 37.7 Å². The molecule has 0 bridgehead atoms. The van der Waals surface area contributed by atoms with Crippen LogP contribution in [-0.4, -0.2) is 53.5 Å². The van der Waals surface area contributed by atoms with Crippen LogP contribution >= 0.6 is 0 Å². The molecule has 1 aliphatic rings.